The first-order valence-corrected chi connectivity index (χ1v) is 5.16. The molecule has 15 heavy (non-hydrogen) atoms. The number of rotatable bonds is 2. The highest BCUT2D eigenvalue weighted by atomic mass is 16.5. The van der Waals surface area contributed by atoms with E-state index >= 15 is 0 Å². The standard InChI is InChI=1S/C12H15NO2/c1-8-4-3-5-9-6-10(7-13-2)15-12(14)11(8)9/h3-5,10,13H,6-7H2,1-2H3. The van der Waals surface area contributed by atoms with E-state index in [0.717, 1.165) is 23.1 Å². The van der Waals surface area contributed by atoms with Gasteiger partial charge < -0.3 is 10.1 Å². The Morgan fingerprint density at radius 3 is 3.07 bits per heavy atom. The second kappa shape index (κ2) is 4.03. The number of carbonyl (C=O) groups excluding carboxylic acids is 1. The van der Waals surface area contributed by atoms with Gasteiger partial charge in [0, 0.05) is 13.0 Å². The molecule has 1 unspecified atom stereocenters. The second-order valence-corrected chi connectivity index (χ2v) is 3.90. The molecule has 0 fully saturated rings. The Balaban J connectivity index is 2.32. The molecule has 1 aliphatic heterocycles. The number of likely N-dealkylation sites (N-methyl/N-ethyl adjacent to an activating group) is 1. The van der Waals surface area contributed by atoms with E-state index in [9.17, 15) is 4.79 Å². The summed E-state index contributed by atoms with van der Waals surface area (Å²) >= 11 is 0. The van der Waals surface area contributed by atoms with Gasteiger partial charge in [-0.3, -0.25) is 0 Å². The van der Waals surface area contributed by atoms with Gasteiger partial charge in [0.25, 0.3) is 0 Å². The Kier molecular flexibility index (Phi) is 2.73. The molecule has 2 rings (SSSR count). The third kappa shape index (κ3) is 1.88. The molecule has 0 aliphatic carbocycles. The second-order valence-electron chi connectivity index (χ2n) is 3.90. The zero-order valence-electron chi connectivity index (χ0n) is 9.04. The molecular weight excluding hydrogens is 190 g/mol. The Morgan fingerprint density at radius 2 is 2.33 bits per heavy atom. The van der Waals surface area contributed by atoms with Crippen LogP contribution < -0.4 is 5.32 Å². The SMILES string of the molecule is CNCC1Cc2cccc(C)c2C(=O)O1. The number of cyclic esters (lactones) is 1. The number of fused-ring (bicyclic) bond motifs is 1. The number of nitrogens with one attached hydrogen (secondary N) is 1. The van der Waals surface area contributed by atoms with Crippen LogP contribution in [0.3, 0.4) is 0 Å². The highest BCUT2D eigenvalue weighted by Gasteiger charge is 2.26. The summed E-state index contributed by atoms with van der Waals surface area (Å²) in [5.41, 5.74) is 2.86. The molecule has 0 saturated carbocycles. The number of aryl methyl sites for hydroxylation is 1. The Hall–Kier alpha value is -1.35. The molecule has 0 aromatic heterocycles. The minimum Gasteiger partial charge on any atom is -0.457 e. The molecule has 1 N–H and O–H groups in total. The van der Waals surface area contributed by atoms with Crippen LogP contribution in [0.1, 0.15) is 21.5 Å². The predicted octanol–water partition coefficient (Wildman–Crippen LogP) is 1.30. The molecule has 0 amide bonds. The fourth-order valence-electron chi connectivity index (χ4n) is 2.03. The molecular formula is C12H15NO2. The van der Waals surface area contributed by atoms with Crippen LogP contribution >= 0.6 is 0 Å². The van der Waals surface area contributed by atoms with Gasteiger partial charge in [0.05, 0.1) is 5.56 Å². The van der Waals surface area contributed by atoms with Crippen molar-refractivity contribution in [2.45, 2.75) is 19.4 Å². The molecule has 0 radical (unpaired) electrons. The Labute approximate surface area is 89.4 Å². The van der Waals surface area contributed by atoms with E-state index < -0.39 is 0 Å². The van der Waals surface area contributed by atoms with Crippen LogP contribution in [-0.4, -0.2) is 25.7 Å². The molecule has 1 aromatic carbocycles. The lowest BCUT2D eigenvalue weighted by Crippen LogP contribution is -2.35. The Bertz CT molecular complexity index is 387. The molecule has 1 atom stereocenters. The number of hydrogen-bond donors (Lipinski definition) is 1. The third-order valence-corrected chi connectivity index (χ3v) is 2.72. The van der Waals surface area contributed by atoms with Crippen molar-refractivity contribution >= 4 is 5.97 Å². The maximum absolute atomic E-state index is 11.7. The van der Waals surface area contributed by atoms with Gasteiger partial charge in [-0.05, 0) is 25.1 Å². The topological polar surface area (TPSA) is 38.3 Å². The minimum atomic E-state index is -0.186. The van der Waals surface area contributed by atoms with Gasteiger partial charge in [-0.15, -0.1) is 0 Å². The minimum absolute atomic E-state index is 0.0307. The van der Waals surface area contributed by atoms with Crippen LogP contribution in [0.5, 0.6) is 0 Å². The molecule has 0 bridgehead atoms. The highest BCUT2D eigenvalue weighted by Crippen LogP contribution is 2.23. The van der Waals surface area contributed by atoms with Gasteiger partial charge in [0.15, 0.2) is 0 Å². The summed E-state index contributed by atoms with van der Waals surface area (Å²) < 4.78 is 5.33. The zero-order valence-corrected chi connectivity index (χ0v) is 9.04. The van der Waals surface area contributed by atoms with Crippen LogP contribution in [0, 0.1) is 6.92 Å². The van der Waals surface area contributed by atoms with Gasteiger partial charge in [0.1, 0.15) is 6.10 Å². The number of ether oxygens (including phenoxy) is 1. The monoisotopic (exact) mass is 205 g/mol. The number of hydrogen-bond acceptors (Lipinski definition) is 3. The van der Waals surface area contributed by atoms with E-state index in [0.29, 0.717) is 6.54 Å². The summed E-state index contributed by atoms with van der Waals surface area (Å²) in [6, 6.07) is 5.94. The van der Waals surface area contributed by atoms with Crippen molar-refractivity contribution in [2.24, 2.45) is 0 Å². The van der Waals surface area contributed by atoms with Crippen molar-refractivity contribution in [3.63, 3.8) is 0 Å². The lowest BCUT2D eigenvalue weighted by molar-refractivity contribution is 0.0262. The van der Waals surface area contributed by atoms with E-state index in [1.54, 1.807) is 0 Å². The number of esters is 1. The van der Waals surface area contributed by atoms with Crippen molar-refractivity contribution in [2.75, 3.05) is 13.6 Å². The molecule has 1 heterocycles. The molecule has 3 nitrogen and oxygen atoms in total. The first-order valence-electron chi connectivity index (χ1n) is 5.16. The summed E-state index contributed by atoms with van der Waals surface area (Å²) in [6.45, 7) is 2.65. The summed E-state index contributed by atoms with van der Waals surface area (Å²) in [7, 11) is 1.86. The average molecular weight is 205 g/mol. The molecule has 80 valence electrons. The predicted molar refractivity (Wildman–Crippen MR) is 58.0 cm³/mol. The smallest absolute Gasteiger partial charge is 0.339 e. The summed E-state index contributed by atoms with van der Waals surface area (Å²) in [5.74, 6) is -0.186. The van der Waals surface area contributed by atoms with E-state index in [4.69, 9.17) is 4.74 Å². The maximum Gasteiger partial charge on any atom is 0.339 e. The first kappa shape index (κ1) is 10.2. The average Bonchev–Trinajstić information content (AvgIpc) is 2.17. The molecule has 3 heteroatoms. The summed E-state index contributed by atoms with van der Waals surface area (Å²) in [4.78, 5) is 11.7. The van der Waals surface area contributed by atoms with E-state index in [2.05, 4.69) is 5.32 Å². The fourth-order valence-corrected chi connectivity index (χ4v) is 2.03. The van der Waals surface area contributed by atoms with Crippen molar-refractivity contribution in [3.05, 3.63) is 34.9 Å². The first-order chi connectivity index (χ1) is 7.22. The van der Waals surface area contributed by atoms with Crippen LogP contribution in [0.4, 0.5) is 0 Å². The number of carbonyl (C=O) groups is 1. The third-order valence-electron chi connectivity index (χ3n) is 2.72. The van der Waals surface area contributed by atoms with Crippen LogP contribution in [0.2, 0.25) is 0 Å². The van der Waals surface area contributed by atoms with Gasteiger partial charge in [0.2, 0.25) is 0 Å². The fraction of sp³-hybridized carbons (Fsp3) is 0.417. The van der Waals surface area contributed by atoms with Gasteiger partial charge in [-0.2, -0.15) is 0 Å². The molecule has 1 aliphatic rings. The summed E-state index contributed by atoms with van der Waals surface area (Å²) in [5, 5.41) is 3.03. The van der Waals surface area contributed by atoms with Crippen molar-refractivity contribution < 1.29 is 9.53 Å². The summed E-state index contributed by atoms with van der Waals surface area (Å²) in [6.07, 6.45) is 0.778. The highest BCUT2D eigenvalue weighted by molar-refractivity contribution is 5.93. The van der Waals surface area contributed by atoms with E-state index in [-0.39, 0.29) is 12.1 Å². The number of benzene rings is 1. The molecule has 1 aromatic rings. The Morgan fingerprint density at radius 1 is 1.53 bits per heavy atom. The van der Waals surface area contributed by atoms with Crippen molar-refractivity contribution in [3.8, 4) is 0 Å². The van der Waals surface area contributed by atoms with Crippen molar-refractivity contribution in [1.82, 2.24) is 5.32 Å². The zero-order chi connectivity index (χ0) is 10.8. The van der Waals surface area contributed by atoms with Crippen LogP contribution in [0.25, 0.3) is 0 Å². The van der Waals surface area contributed by atoms with Crippen LogP contribution in [-0.2, 0) is 11.2 Å². The van der Waals surface area contributed by atoms with E-state index in [1.165, 1.54) is 0 Å². The van der Waals surface area contributed by atoms with Gasteiger partial charge in [-0.1, -0.05) is 18.2 Å². The molecule has 0 saturated heterocycles. The largest absolute Gasteiger partial charge is 0.457 e. The van der Waals surface area contributed by atoms with Crippen molar-refractivity contribution in [1.29, 1.82) is 0 Å². The van der Waals surface area contributed by atoms with E-state index in [1.807, 2.05) is 32.2 Å². The lowest BCUT2D eigenvalue weighted by atomic mass is 9.95. The quantitative estimate of drug-likeness (QED) is 0.739. The normalized spacial score (nSPS) is 19.6. The molecule has 0 spiro atoms. The lowest BCUT2D eigenvalue weighted by Gasteiger charge is -2.25. The van der Waals surface area contributed by atoms with Gasteiger partial charge in [-0.25, -0.2) is 4.79 Å². The maximum atomic E-state index is 11.7. The van der Waals surface area contributed by atoms with Gasteiger partial charge >= 0.3 is 5.97 Å². The van der Waals surface area contributed by atoms with Crippen LogP contribution in [0.15, 0.2) is 18.2 Å².